The van der Waals surface area contributed by atoms with E-state index in [1.807, 2.05) is 23.5 Å². The highest BCUT2D eigenvalue weighted by atomic mass is 32.1. The Hall–Kier alpha value is -1.74. The minimum atomic E-state index is 0.705. The van der Waals surface area contributed by atoms with Gasteiger partial charge in [0.2, 0.25) is 0 Å². The summed E-state index contributed by atoms with van der Waals surface area (Å²) in [6, 6.07) is 3.92. The summed E-state index contributed by atoms with van der Waals surface area (Å²) in [4.78, 5) is 2.80. The predicted octanol–water partition coefficient (Wildman–Crippen LogP) is 5.62. The highest BCUT2D eigenvalue weighted by molar-refractivity contribution is 7.13. The molecule has 0 radical (unpaired) electrons. The molecule has 22 heavy (non-hydrogen) atoms. The van der Waals surface area contributed by atoms with Crippen molar-refractivity contribution >= 4 is 17.0 Å². The van der Waals surface area contributed by atoms with E-state index in [-0.39, 0.29) is 0 Å². The Morgan fingerprint density at radius 2 is 2.09 bits per heavy atom. The molecule has 0 aliphatic rings. The first-order chi connectivity index (χ1) is 10.7. The standard InChI is InChI=1S/C19H25NOS/c1-5-7-8-11-17(20-13-16-10-9-12-21-16)19-15(4)14(3)18(6-2)22-19/h7-12,20H,5-6,13H2,1-4H3/b8-7+,17-11+. The Labute approximate surface area is 137 Å². The Morgan fingerprint density at radius 3 is 2.68 bits per heavy atom. The average molecular weight is 315 g/mol. The molecule has 0 fully saturated rings. The van der Waals surface area contributed by atoms with Crippen molar-refractivity contribution < 1.29 is 4.42 Å². The first-order valence-corrected chi connectivity index (χ1v) is 8.71. The Balaban J connectivity index is 2.27. The van der Waals surface area contributed by atoms with Gasteiger partial charge in [-0.25, -0.2) is 0 Å². The number of allylic oxidation sites excluding steroid dienone is 3. The van der Waals surface area contributed by atoms with Crippen LogP contribution in [0.2, 0.25) is 0 Å². The molecular formula is C19H25NOS. The van der Waals surface area contributed by atoms with Crippen molar-refractivity contribution in [3.05, 3.63) is 63.3 Å². The maximum Gasteiger partial charge on any atom is 0.122 e. The van der Waals surface area contributed by atoms with Crippen LogP contribution in [-0.2, 0) is 13.0 Å². The molecule has 0 atom stereocenters. The molecule has 0 saturated carbocycles. The normalized spacial score (nSPS) is 12.3. The van der Waals surface area contributed by atoms with Crippen molar-refractivity contribution in [2.75, 3.05) is 0 Å². The third-order valence-corrected chi connectivity index (χ3v) is 5.35. The number of hydrogen-bond acceptors (Lipinski definition) is 3. The summed E-state index contributed by atoms with van der Waals surface area (Å²) < 4.78 is 5.42. The fourth-order valence-corrected chi connectivity index (χ4v) is 3.61. The van der Waals surface area contributed by atoms with E-state index >= 15 is 0 Å². The van der Waals surface area contributed by atoms with Crippen molar-refractivity contribution in [1.82, 2.24) is 5.32 Å². The molecule has 0 saturated heterocycles. The van der Waals surface area contributed by atoms with Crippen LogP contribution in [0.1, 0.15) is 46.9 Å². The van der Waals surface area contributed by atoms with Crippen LogP contribution in [-0.4, -0.2) is 0 Å². The van der Waals surface area contributed by atoms with Crippen LogP contribution in [0.4, 0.5) is 0 Å². The van der Waals surface area contributed by atoms with Crippen LogP contribution in [0.15, 0.2) is 41.0 Å². The second-order valence-electron chi connectivity index (χ2n) is 5.31. The molecule has 0 aromatic carbocycles. The van der Waals surface area contributed by atoms with E-state index in [1.165, 1.54) is 26.6 Å². The van der Waals surface area contributed by atoms with Gasteiger partial charge in [0.15, 0.2) is 0 Å². The zero-order chi connectivity index (χ0) is 15.9. The van der Waals surface area contributed by atoms with Crippen LogP contribution in [0.3, 0.4) is 0 Å². The molecule has 0 bridgehead atoms. The van der Waals surface area contributed by atoms with Crippen LogP contribution >= 0.6 is 11.3 Å². The maximum atomic E-state index is 5.42. The van der Waals surface area contributed by atoms with Gasteiger partial charge in [-0.15, -0.1) is 11.3 Å². The molecule has 0 amide bonds. The van der Waals surface area contributed by atoms with E-state index in [1.54, 1.807) is 6.26 Å². The molecule has 0 aliphatic heterocycles. The number of furan rings is 1. The second-order valence-corrected chi connectivity index (χ2v) is 6.41. The lowest BCUT2D eigenvalue weighted by Gasteiger charge is -2.09. The zero-order valence-corrected chi connectivity index (χ0v) is 14.7. The van der Waals surface area contributed by atoms with Crippen LogP contribution in [0.25, 0.3) is 5.70 Å². The highest BCUT2D eigenvalue weighted by Crippen LogP contribution is 2.32. The predicted molar refractivity (Wildman–Crippen MR) is 96.1 cm³/mol. The Morgan fingerprint density at radius 1 is 1.27 bits per heavy atom. The lowest BCUT2D eigenvalue weighted by atomic mass is 10.1. The zero-order valence-electron chi connectivity index (χ0n) is 13.9. The van der Waals surface area contributed by atoms with Gasteiger partial charge in [0.1, 0.15) is 5.76 Å². The van der Waals surface area contributed by atoms with E-state index in [0.29, 0.717) is 6.54 Å². The van der Waals surface area contributed by atoms with Gasteiger partial charge in [0, 0.05) is 4.88 Å². The summed E-state index contributed by atoms with van der Waals surface area (Å²) in [5.74, 6) is 0.951. The number of nitrogens with one attached hydrogen (secondary N) is 1. The van der Waals surface area contributed by atoms with Gasteiger partial charge in [0.05, 0.1) is 23.4 Å². The highest BCUT2D eigenvalue weighted by Gasteiger charge is 2.13. The smallest absolute Gasteiger partial charge is 0.122 e. The molecule has 2 nitrogen and oxygen atoms in total. The molecule has 0 unspecified atom stereocenters. The van der Waals surface area contributed by atoms with Crippen LogP contribution in [0.5, 0.6) is 0 Å². The summed E-state index contributed by atoms with van der Waals surface area (Å²) in [6.45, 7) is 9.51. The minimum absolute atomic E-state index is 0.705. The summed E-state index contributed by atoms with van der Waals surface area (Å²) in [6.07, 6.45) is 10.3. The fourth-order valence-electron chi connectivity index (χ4n) is 2.36. The molecule has 3 heteroatoms. The maximum absolute atomic E-state index is 5.42. The third-order valence-electron chi connectivity index (χ3n) is 3.78. The van der Waals surface area contributed by atoms with Gasteiger partial charge >= 0.3 is 0 Å². The number of thiophene rings is 1. The quantitative estimate of drug-likeness (QED) is 0.671. The average Bonchev–Trinajstić information content (AvgIpc) is 3.13. The fraction of sp³-hybridized carbons (Fsp3) is 0.368. The summed E-state index contributed by atoms with van der Waals surface area (Å²) >= 11 is 1.89. The monoisotopic (exact) mass is 315 g/mol. The number of aryl methyl sites for hydroxylation is 1. The van der Waals surface area contributed by atoms with Crippen LogP contribution < -0.4 is 5.32 Å². The van der Waals surface area contributed by atoms with Gasteiger partial charge < -0.3 is 9.73 Å². The van der Waals surface area contributed by atoms with Gasteiger partial charge in [-0.1, -0.05) is 26.0 Å². The van der Waals surface area contributed by atoms with Crippen molar-refractivity contribution in [3.63, 3.8) is 0 Å². The largest absolute Gasteiger partial charge is 0.467 e. The van der Waals surface area contributed by atoms with Crippen LogP contribution in [0, 0.1) is 13.8 Å². The van der Waals surface area contributed by atoms with E-state index in [2.05, 4.69) is 51.2 Å². The minimum Gasteiger partial charge on any atom is -0.467 e. The Kier molecular flexibility index (Phi) is 6.08. The van der Waals surface area contributed by atoms with Gasteiger partial charge in [0.25, 0.3) is 0 Å². The van der Waals surface area contributed by atoms with E-state index in [0.717, 1.165) is 18.6 Å². The third kappa shape index (κ3) is 3.92. The first-order valence-electron chi connectivity index (χ1n) is 7.89. The van der Waals surface area contributed by atoms with Crippen molar-refractivity contribution in [2.45, 2.75) is 47.1 Å². The molecule has 2 aromatic rings. The van der Waals surface area contributed by atoms with E-state index in [4.69, 9.17) is 4.42 Å². The van der Waals surface area contributed by atoms with E-state index in [9.17, 15) is 0 Å². The molecule has 2 heterocycles. The molecule has 118 valence electrons. The summed E-state index contributed by atoms with van der Waals surface area (Å²) in [5.41, 5.74) is 3.98. The van der Waals surface area contributed by atoms with Gasteiger partial charge in [-0.3, -0.25) is 0 Å². The summed E-state index contributed by atoms with van der Waals surface area (Å²) in [7, 11) is 0. The SMILES string of the molecule is CC/C=C/C=C(/NCc1ccco1)c1sc(CC)c(C)c1C. The molecular weight excluding hydrogens is 290 g/mol. The summed E-state index contributed by atoms with van der Waals surface area (Å²) in [5, 5.41) is 3.53. The number of hydrogen-bond donors (Lipinski definition) is 1. The number of rotatable bonds is 7. The molecule has 2 rings (SSSR count). The molecule has 1 N–H and O–H groups in total. The molecule has 0 spiro atoms. The van der Waals surface area contributed by atoms with Crippen molar-refractivity contribution in [2.24, 2.45) is 0 Å². The van der Waals surface area contributed by atoms with Crippen molar-refractivity contribution in [1.29, 1.82) is 0 Å². The topological polar surface area (TPSA) is 25.2 Å². The van der Waals surface area contributed by atoms with Gasteiger partial charge in [-0.2, -0.15) is 0 Å². The lowest BCUT2D eigenvalue weighted by molar-refractivity contribution is 0.501. The van der Waals surface area contributed by atoms with Crippen molar-refractivity contribution in [3.8, 4) is 0 Å². The molecule has 0 aliphatic carbocycles. The van der Waals surface area contributed by atoms with Gasteiger partial charge in [-0.05, 0) is 56.0 Å². The first kappa shape index (κ1) is 16.6. The molecule has 2 aromatic heterocycles. The second kappa shape index (κ2) is 8.04. The lowest BCUT2D eigenvalue weighted by Crippen LogP contribution is -2.11. The van der Waals surface area contributed by atoms with E-state index < -0.39 is 0 Å². The Bertz CT molecular complexity index is 647.